The summed E-state index contributed by atoms with van der Waals surface area (Å²) in [6.07, 6.45) is -0.697. The molecule has 0 aliphatic heterocycles. The highest BCUT2D eigenvalue weighted by Crippen LogP contribution is 2.16. The second kappa shape index (κ2) is 6.88. The molecule has 0 spiro atoms. The first-order valence-electron chi connectivity index (χ1n) is 6.27. The molecule has 6 heteroatoms. The van der Waals surface area contributed by atoms with Crippen LogP contribution in [0.2, 0.25) is 0 Å². The molecule has 0 aromatic heterocycles. The Morgan fingerprint density at radius 1 is 1.26 bits per heavy atom. The molecule has 0 bridgehead atoms. The fraction of sp³-hybridized carbons (Fsp3) is 0.538. The Labute approximate surface area is 114 Å². The highest BCUT2D eigenvalue weighted by Gasteiger charge is 2.17. The summed E-state index contributed by atoms with van der Waals surface area (Å²) in [5.74, 6) is 0.631. The topological polar surface area (TPSA) is 75.6 Å². The number of hydrogen-bond donors (Lipinski definition) is 2. The van der Waals surface area contributed by atoms with E-state index in [4.69, 9.17) is 4.74 Å². The molecule has 1 unspecified atom stereocenters. The van der Waals surface area contributed by atoms with E-state index in [0.29, 0.717) is 12.4 Å². The standard InChI is InChI=1S/C13H21NO4S/c1-4-18-11-5-7-12(8-6-11)19(16,17)14-9-13(15)10(2)3/h5-8,10,13-15H,4,9H2,1-3H3. The van der Waals surface area contributed by atoms with E-state index in [1.54, 1.807) is 12.1 Å². The van der Waals surface area contributed by atoms with Crippen molar-refractivity contribution in [3.05, 3.63) is 24.3 Å². The van der Waals surface area contributed by atoms with Crippen molar-refractivity contribution in [1.29, 1.82) is 0 Å². The lowest BCUT2D eigenvalue weighted by atomic mass is 10.1. The summed E-state index contributed by atoms with van der Waals surface area (Å²) in [5, 5.41) is 9.60. The van der Waals surface area contributed by atoms with Gasteiger partial charge in [0.1, 0.15) is 5.75 Å². The molecule has 0 heterocycles. The first kappa shape index (κ1) is 15.9. The van der Waals surface area contributed by atoms with Gasteiger partial charge in [-0.15, -0.1) is 0 Å². The van der Waals surface area contributed by atoms with Crippen LogP contribution in [0.25, 0.3) is 0 Å². The SMILES string of the molecule is CCOc1ccc(S(=O)(=O)NCC(O)C(C)C)cc1. The van der Waals surface area contributed by atoms with Crippen LogP contribution in [0.5, 0.6) is 5.75 Å². The van der Waals surface area contributed by atoms with Gasteiger partial charge in [-0.2, -0.15) is 0 Å². The molecule has 0 amide bonds. The van der Waals surface area contributed by atoms with Crippen molar-refractivity contribution in [3.63, 3.8) is 0 Å². The number of sulfonamides is 1. The molecule has 0 saturated heterocycles. The van der Waals surface area contributed by atoms with Crippen molar-refractivity contribution in [2.45, 2.75) is 31.8 Å². The molecule has 1 atom stereocenters. The molecule has 0 radical (unpaired) electrons. The highest BCUT2D eigenvalue weighted by molar-refractivity contribution is 7.89. The summed E-state index contributed by atoms with van der Waals surface area (Å²) < 4.78 is 31.6. The van der Waals surface area contributed by atoms with E-state index in [-0.39, 0.29) is 17.4 Å². The summed E-state index contributed by atoms with van der Waals surface area (Å²) in [5.41, 5.74) is 0. The molecule has 5 nitrogen and oxygen atoms in total. The third-order valence-corrected chi connectivity index (χ3v) is 4.14. The molecule has 0 aliphatic carbocycles. The summed E-state index contributed by atoms with van der Waals surface area (Å²) >= 11 is 0. The van der Waals surface area contributed by atoms with Gasteiger partial charge < -0.3 is 9.84 Å². The number of benzene rings is 1. The average Bonchev–Trinajstić information content (AvgIpc) is 2.37. The van der Waals surface area contributed by atoms with Crippen LogP contribution in [0, 0.1) is 5.92 Å². The second-order valence-corrected chi connectivity index (χ2v) is 6.33. The molecule has 0 aliphatic rings. The van der Waals surface area contributed by atoms with Crippen molar-refractivity contribution in [3.8, 4) is 5.75 Å². The van der Waals surface area contributed by atoms with Gasteiger partial charge in [0, 0.05) is 6.54 Å². The van der Waals surface area contributed by atoms with Crippen LogP contribution in [-0.4, -0.2) is 32.8 Å². The Balaban J connectivity index is 2.71. The maximum atomic E-state index is 12.0. The zero-order chi connectivity index (χ0) is 14.5. The first-order valence-corrected chi connectivity index (χ1v) is 7.75. The fourth-order valence-corrected chi connectivity index (χ4v) is 2.45. The number of rotatable bonds is 7. The van der Waals surface area contributed by atoms with E-state index in [1.165, 1.54) is 12.1 Å². The van der Waals surface area contributed by atoms with E-state index in [2.05, 4.69) is 4.72 Å². The molecule has 2 N–H and O–H groups in total. The van der Waals surface area contributed by atoms with Gasteiger partial charge in [0.05, 0.1) is 17.6 Å². The van der Waals surface area contributed by atoms with Gasteiger partial charge in [-0.3, -0.25) is 0 Å². The van der Waals surface area contributed by atoms with E-state index >= 15 is 0 Å². The Hall–Kier alpha value is -1.11. The lowest BCUT2D eigenvalue weighted by molar-refractivity contribution is 0.129. The summed E-state index contributed by atoms with van der Waals surface area (Å²) in [6.45, 7) is 6.06. The predicted octanol–water partition coefficient (Wildman–Crippen LogP) is 1.38. The van der Waals surface area contributed by atoms with Crippen LogP contribution in [0.15, 0.2) is 29.2 Å². The maximum Gasteiger partial charge on any atom is 0.240 e. The van der Waals surface area contributed by atoms with Gasteiger partial charge in [0.2, 0.25) is 10.0 Å². The molecule has 1 aromatic rings. The van der Waals surface area contributed by atoms with Crippen LogP contribution in [0.4, 0.5) is 0 Å². The Kier molecular flexibility index (Phi) is 5.78. The smallest absolute Gasteiger partial charge is 0.240 e. The number of nitrogens with one attached hydrogen (secondary N) is 1. The zero-order valence-electron chi connectivity index (χ0n) is 11.5. The van der Waals surface area contributed by atoms with Crippen LogP contribution in [0.3, 0.4) is 0 Å². The van der Waals surface area contributed by atoms with E-state index in [0.717, 1.165) is 0 Å². The minimum absolute atomic E-state index is 0.00281. The highest BCUT2D eigenvalue weighted by atomic mass is 32.2. The number of aliphatic hydroxyl groups excluding tert-OH is 1. The van der Waals surface area contributed by atoms with Crippen LogP contribution in [0.1, 0.15) is 20.8 Å². The van der Waals surface area contributed by atoms with Gasteiger partial charge in [-0.1, -0.05) is 13.8 Å². The van der Waals surface area contributed by atoms with Crippen LogP contribution >= 0.6 is 0 Å². The van der Waals surface area contributed by atoms with Gasteiger partial charge >= 0.3 is 0 Å². The Morgan fingerprint density at radius 3 is 2.32 bits per heavy atom. The molecule has 108 valence electrons. The fourth-order valence-electron chi connectivity index (χ4n) is 1.40. The van der Waals surface area contributed by atoms with Crippen molar-refractivity contribution in [1.82, 2.24) is 4.72 Å². The van der Waals surface area contributed by atoms with Gasteiger partial charge in [0.25, 0.3) is 0 Å². The lowest BCUT2D eigenvalue weighted by Crippen LogP contribution is -2.34. The summed E-state index contributed by atoms with van der Waals surface area (Å²) in [6, 6.07) is 6.18. The minimum atomic E-state index is -3.59. The number of hydrogen-bond acceptors (Lipinski definition) is 4. The normalized spacial score (nSPS) is 13.5. The number of ether oxygens (including phenoxy) is 1. The largest absolute Gasteiger partial charge is 0.494 e. The van der Waals surface area contributed by atoms with Crippen LogP contribution < -0.4 is 9.46 Å². The van der Waals surface area contributed by atoms with Crippen LogP contribution in [-0.2, 0) is 10.0 Å². The van der Waals surface area contributed by atoms with E-state index in [1.807, 2.05) is 20.8 Å². The summed E-state index contributed by atoms with van der Waals surface area (Å²) in [4.78, 5) is 0.159. The quantitative estimate of drug-likeness (QED) is 0.794. The molecule has 19 heavy (non-hydrogen) atoms. The Bertz CT molecular complexity index is 482. The average molecular weight is 287 g/mol. The maximum absolute atomic E-state index is 12.0. The first-order chi connectivity index (χ1) is 8.86. The van der Waals surface area contributed by atoms with Gasteiger partial charge in [-0.05, 0) is 37.1 Å². The van der Waals surface area contributed by atoms with Crippen molar-refractivity contribution in [2.75, 3.05) is 13.2 Å². The van der Waals surface area contributed by atoms with Gasteiger partial charge in [0.15, 0.2) is 0 Å². The molecular formula is C13H21NO4S. The molecule has 0 saturated carbocycles. The minimum Gasteiger partial charge on any atom is -0.494 e. The second-order valence-electron chi connectivity index (χ2n) is 4.57. The molecule has 1 rings (SSSR count). The summed E-state index contributed by atoms with van der Waals surface area (Å²) in [7, 11) is -3.59. The Morgan fingerprint density at radius 2 is 1.84 bits per heavy atom. The van der Waals surface area contributed by atoms with E-state index in [9.17, 15) is 13.5 Å². The number of aliphatic hydroxyl groups is 1. The third-order valence-electron chi connectivity index (χ3n) is 2.70. The van der Waals surface area contributed by atoms with Gasteiger partial charge in [-0.25, -0.2) is 13.1 Å². The molecule has 0 fully saturated rings. The molecular weight excluding hydrogens is 266 g/mol. The van der Waals surface area contributed by atoms with Crippen molar-refractivity contribution < 1.29 is 18.3 Å². The molecule has 1 aromatic carbocycles. The predicted molar refractivity (Wildman–Crippen MR) is 73.6 cm³/mol. The van der Waals surface area contributed by atoms with Crippen molar-refractivity contribution in [2.24, 2.45) is 5.92 Å². The third kappa shape index (κ3) is 4.81. The van der Waals surface area contributed by atoms with Crippen molar-refractivity contribution >= 4 is 10.0 Å². The monoisotopic (exact) mass is 287 g/mol. The zero-order valence-corrected chi connectivity index (χ0v) is 12.3. The van der Waals surface area contributed by atoms with E-state index < -0.39 is 16.1 Å². The lowest BCUT2D eigenvalue weighted by Gasteiger charge is -2.15.